The van der Waals surface area contributed by atoms with Gasteiger partial charge in [-0.1, -0.05) is 0 Å². The van der Waals surface area contributed by atoms with Crippen molar-refractivity contribution in [3.8, 4) is 0 Å². The number of primary sulfonamides is 1. The van der Waals surface area contributed by atoms with Gasteiger partial charge in [-0.05, 0) is 36.0 Å². The standard InChI is InChI=1S/C9H12N2O3S2/c1-11(2)9(12)15-7-3-5-8(6-4-7)16(10,13)14/h3-6H,1-2H3,(H2,10,13,14). The highest BCUT2D eigenvalue weighted by Crippen LogP contribution is 2.21. The first-order chi connectivity index (χ1) is 7.30. The fraction of sp³-hybridized carbons (Fsp3) is 0.222. The summed E-state index contributed by atoms with van der Waals surface area (Å²) in [4.78, 5) is 13.5. The van der Waals surface area contributed by atoms with Crippen LogP contribution >= 0.6 is 11.8 Å². The number of nitrogens with zero attached hydrogens (tertiary/aromatic N) is 1. The number of hydrogen-bond donors (Lipinski definition) is 1. The quantitative estimate of drug-likeness (QED) is 0.808. The maximum atomic E-state index is 11.3. The number of thioether (sulfide) groups is 1. The summed E-state index contributed by atoms with van der Waals surface area (Å²) >= 11 is 1.02. The van der Waals surface area contributed by atoms with E-state index in [9.17, 15) is 13.2 Å². The first-order valence-corrected chi connectivity index (χ1v) is 6.69. The van der Waals surface area contributed by atoms with Crippen LogP contribution in [0.1, 0.15) is 0 Å². The molecule has 0 aliphatic heterocycles. The van der Waals surface area contributed by atoms with Crippen molar-refractivity contribution in [1.29, 1.82) is 0 Å². The number of rotatable bonds is 2. The van der Waals surface area contributed by atoms with Crippen molar-refractivity contribution in [2.24, 2.45) is 5.14 Å². The molecule has 1 aromatic carbocycles. The van der Waals surface area contributed by atoms with Gasteiger partial charge in [-0.25, -0.2) is 13.6 Å². The maximum absolute atomic E-state index is 11.3. The van der Waals surface area contributed by atoms with Crippen molar-refractivity contribution in [2.45, 2.75) is 9.79 Å². The summed E-state index contributed by atoms with van der Waals surface area (Å²) in [6, 6.07) is 5.85. The maximum Gasteiger partial charge on any atom is 0.285 e. The van der Waals surface area contributed by atoms with E-state index in [0.29, 0.717) is 4.90 Å². The molecule has 0 spiro atoms. The lowest BCUT2D eigenvalue weighted by molar-refractivity contribution is 0.241. The minimum atomic E-state index is -3.67. The molecule has 1 rings (SSSR count). The number of nitrogens with two attached hydrogens (primary N) is 1. The Morgan fingerprint density at radius 1 is 1.25 bits per heavy atom. The van der Waals surface area contributed by atoms with Gasteiger partial charge in [0.25, 0.3) is 5.24 Å². The van der Waals surface area contributed by atoms with Gasteiger partial charge in [-0.3, -0.25) is 4.79 Å². The van der Waals surface area contributed by atoms with Crippen LogP contribution in [0.3, 0.4) is 0 Å². The zero-order valence-electron chi connectivity index (χ0n) is 8.88. The van der Waals surface area contributed by atoms with Gasteiger partial charge in [-0.2, -0.15) is 0 Å². The van der Waals surface area contributed by atoms with E-state index in [1.165, 1.54) is 17.0 Å². The molecule has 7 heteroatoms. The van der Waals surface area contributed by atoms with E-state index >= 15 is 0 Å². The summed E-state index contributed by atoms with van der Waals surface area (Å²) in [7, 11) is -0.375. The third-order valence-electron chi connectivity index (χ3n) is 1.72. The molecular formula is C9H12N2O3S2. The van der Waals surface area contributed by atoms with E-state index in [0.717, 1.165) is 11.8 Å². The first kappa shape index (κ1) is 13.0. The SMILES string of the molecule is CN(C)C(=O)Sc1ccc(S(N)(=O)=O)cc1. The molecule has 0 bridgehead atoms. The molecule has 0 fully saturated rings. The largest absolute Gasteiger partial charge is 0.339 e. The summed E-state index contributed by atoms with van der Waals surface area (Å²) in [5, 5.41) is 4.82. The van der Waals surface area contributed by atoms with Crippen LogP contribution in [0.5, 0.6) is 0 Å². The Bertz CT molecular complexity index is 480. The van der Waals surface area contributed by atoms with Gasteiger partial charge >= 0.3 is 0 Å². The van der Waals surface area contributed by atoms with Crippen molar-refractivity contribution in [1.82, 2.24) is 4.90 Å². The fourth-order valence-corrected chi connectivity index (χ4v) is 2.06. The Balaban J connectivity index is 2.84. The lowest BCUT2D eigenvalue weighted by Gasteiger charge is -2.08. The topological polar surface area (TPSA) is 80.5 Å². The highest BCUT2D eigenvalue weighted by atomic mass is 32.2. The molecule has 0 atom stereocenters. The first-order valence-electron chi connectivity index (χ1n) is 4.32. The van der Waals surface area contributed by atoms with Crippen LogP contribution in [0.15, 0.2) is 34.1 Å². The van der Waals surface area contributed by atoms with Gasteiger partial charge in [-0.15, -0.1) is 0 Å². The Hall–Kier alpha value is -1.05. The molecule has 1 aromatic rings. The summed E-state index contributed by atoms with van der Waals surface area (Å²) in [5.41, 5.74) is 0. The van der Waals surface area contributed by atoms with Crippen LogP contribution in [0.2, 0.25) is 0 Å². The average Bonchev–Trinajstić information content (AvgIpc) is 2.17. The fourth-order valence-electron chi connectivity index (χ4n) is 0.889. The summed E-state index contributed by atoms with van der Waals surface area (Å²) in [6.45, 7) is 0. The number of carbonyl (C=O) groups excluding carboxylic acids is 1. The second-order valence-electron chi connectivity index (χ2n) is 3.28. The third-order valence-corrected chi connectivity index (χ3v) is 3.70. The van der Waals surface area contributed by atoms with E-state index in [2.05, 4.69) is 0 Å². The second-order valence-corrected chi connectivity index (χ2v) is 5.87. The van der Waals surface area contributed by atoms with Gasteiger partial charge in [0, 0.05) is 19.0 Å². The van der Waals surface area contributed by atoms with Crippen LogP contribution in [0, 0.1) is 0 Å². The smallest absolute Gasteiger partial charge is 0.285 e. The van der Waals surface area contributed by atoms with Crippen molar-refractivity contribution in [2.75, 3.05) is 14.1 Å². The van der Waals surface area contributed by atoms with Gasteiger partial charge in [0.1, 0.15) is 0 Å². The molecule has 0 heterocycles. The number of amides is 1. The van der Waals surface area contributed by atoms with Gasteiger partial charge in [0.2, 0.25) is 10.0 Å². The molecule has 0 saturated carbocycles. The minimum Gasteiger partial charge on any atom is -0.339 e. The van der Waals surface area contributed by atoms with E-state index < -0.39 is 10.0 Å². The third kappa shape index (κ3) is 3.51. The van der Waals surface area contributed by atoms with Crippen LogP contribution in [0.25, 0.3) is 0 Å². The van der Waals surface area contributed by atoms with E-state index in [-0.39, 0.29) is 10.1 Å². The Kier molecular flexibility index (Phi) is 3.95. The van der Waals surface area contributed by atoms with E-state index in [1.54, 1.807) is 26.2 Å². The number of hydrogen-bond acceptors (Lipinski definition) is 4. The zero-order valence-corrected chi connectivity index (χ0v) is 10.5. The normalized spacial score (nSPS) is 11.2. The van der Waals surface area contributed by atoms with E-state index in [1.807, 2.05) is 0 Å². The Labute approximate surface area is 98.7 Å². The highest BCUT2D eigenvalue weighted by molar-refractivity contribution is 8.13. The monoisotopic (exact) mass is 260 g/mol. The summed E-state index contributed by atoms with van der Waals surface area (Å²) < 4.78 is 21.9. The average molecular weight is 260 g/mol. The molecular weight excluding hydrogens is 248 g/mol. The summed E-state index contributed by atoms with van der Waals surface area (Å²) in [6.07, 6.45) is 0. The number of benzene rings is 1. The molecule has 1 amide bonds. The summed E-state index contributed by atoms with van der Waals surface area (Å²) in [5.74, 6) is 0. The molecule has 16 heavy (non-hydrogen) atoms. The number of carbonyl (C=O) groups is 1. The van der Waals surface area contributed by atoms with E-state index in [4.69, 9.17) is 5.14 Å². The molecule has 5 nitrogen and oxygen atoms in total. The van der Waals surface area contributed by atoms with Crippen LogP contribution in [-0.4, -0.2) is 32.7 Å². The zero-order chi connectivity index (χ0) is 12.3. The molecule has 0 radical (unpaired) electrons. The van der Waals surface area contributed by atoms with Crippen molar-refractivity contribution < 1.29 is 13.2 Å². The molecule has 0 aliphatic rings. The Morgan fingerprint density at radius 2 is 1.75 bits per heavy atom. The minimum absolute atomic E-state index is 0.0363. The van der Waals surface area contributed by atoms with Gasteiger partial charge < -0.3 is 4.90 Å². The highest BCUT2D eigenvalue weighted by Gasteiger charge is 2.09. The molecule has 0 aliphatic carbocycles. The molecule has 2 N–H and O–H groups in total. The van der Waals surface area contributed by atoms with Gasteiger partial charge in [0.05, 0.1) is 4.90 Å². The van der Waals surface area contributed by atoms with Crippen LogP contribution in [0.4, 0.5) is 4.79 Å². The lowest BCUT2D eigenvalue weighted by atomic mass is 10.4. The van der Waals surface area contributed by atoms with Crippen molar-refractivity contribution in [3.63, 3.8) is 0 Å². The predicted octanol–water partition coefficient (Wildman–Crippen LogP) is 1.11. The van der Waals surface area contributed by atoms with Crippen molar-refractivity contribution in [3.05, 3.63) is 24.3 Å². The van der Waals surface area contributed by atoms with Gasteiger partial charge in [0.15, 0.2) is 0 Å². The van der Waals surface area contributed by atoms with Crippen molar-refractivity contribution >= 4 is 27.0 Å². The molecule has 0 aromatic heterocycles. The predicted molar refractivity (Wildman–Crippen MR) is 62.8 cm³/mol. The van der Waals surface area contributed by atoms with Crippen LogP contribution in [-0.2, 0) is 10.0 Å². The lowest BCUT2D eigenvalue weighted by Crippen LogP contribution is -2.16. The Morgan fingerprint density at radius 3 is 2.12 bits per heavy atom. The molecule has 0 unspecified atom stereocenters. The molecule has 88 valence electrons. The number of sulfonamides is 1. The van der Waals surface area contributed by atoms with Crippen LogP contribution < -0.4 is 5.14 Å². The second kappa shape index (κ2) is 4.86. The molecule has 0 saturated heterocycles.